The molecule has 19 heavy (non-hydrogen) atoms. The summed E-state index contributed by atoms with van der Waals surface area (Å²) in [4.78, 5) is 0. The van der Waals surface area contributed by atoms with Gasteiger partial charge < -0.3 is 4.74 Å². The van der Waals surface area contributed by atoms with Gasteiger partial charge in [0.25, 0.3) is 0 Å². The lowest BCUT2D eigenvalue weighted by molar-refractivity contribution is 0.0829. The fraction of sp³-hybridized carbons (Fsp3) is 1.00. The molecule has 2 fully saturated rings. The van der Waals surface area contributed by atoms with Gasteiger partial charge in [0.05, 0.1) is 11.4 Å². The summed E-state index contributed by atoms with van der Waals surface area (Å²) in [6.07, 6.45) is 8.34. The first-order valence-electron chi connectivity index (χ1n) is 7.27. The van der Waals surface area contributed by atoms with Crippen LogP contribution < -0.4 is 11.3 Å². The fourth-order valence-electron chi connectivity index (χ4n) is 3.45. The summed E-state index contributed by atoms with van der Waals surface area (Å²) in [5.41, 5.74) is 2.90. The van der Waals surface area contributed by atoms with Crippen LogP contribution in [-0.2, 0) is 14.6 Å². The van der Waals surface area contributed by atoms with Crippen LogP contribution in [0, 0.1) is 5.92 Å². The number of hydrogen-bond acceptors (Lipinski definition) is 5. The third kappa shape index (κ3) is 4.15. The Hall–Kier alpha value is -0.170. The van der Waals surface area contributed by atoms with Crippen LogP contribution >= 0.6 is 0 Å². The molecular formula is C13H26N2O3S. The summed E-state index contributed by atoms with van der Waals surface area (Å²) >= 11 is 0. The third-order valence-electron chi connectivity index (χ3n) is 4.60. The minimum atomic E-state index is -2.93. The summed E-state index contributed by atoms with van der Waals surface area (Å²) in [5.74, 6) is 6.03. The topological polar surface area (TPSA) is 81.4 Å². The Morgan fingerprint density at radius 1 is 1.32 bits per heavy atom. The molecule has 0 amide bonds. The third-order valence-corrected chi connectivity index (χ3v) is 6.24. The van der Waals surface area contributed by atoms with E-state index in [1.165, 1.54) is 6.26 Å². The highest BCUT2D eigenvalue weighted by molar-refractivity contribution is 7.91. The molecular weight excluding hydrogens is 264 g/mol. The summed E-state index contributed by atoms with van der Waals surface area (Å²) in [6, 6.07) is 0.174. The zero-order valence-electron chi connectivity index (χ0n) is 11.7. The van der Waals surface area contributed by atoms with Gasteiger partial charge in [0.2, 0.25) is 0 Å². The van der Waals surface area contributed by atoms with Crippen LogP contribution in [0.3, 0.4) is 0 Å². The van der Waals surface area contributed by atoms with Crippen LogP contribution in [0.25, 0.3) is 0 Å². The molecule has 1 aliphatic carbocycles. The second-order valence-electron chi connectivity index (χ2n) is 6.02. The predicted octanol–water partition coefficient (Wildman–Crippen LogP) is 0.991. The Balaban J connectivity index is 1.93. The van der Waals surface area contributed by atoms with Crippen molar-refractivity contribution in [3.8, 4) is 0 Å². The van der Waals surface area contributed by atoms with E-state index in [-0.39, 0.29) is 11.3 Å². The van der Waals surface area contributed by atoms with Crippen molar-refractivity contribution in [1.82, 2.24) is 5.43 Å². The Bertz CT molecular complexity index is 379. The van der Waals surface area contributed by atoms with Crippen LogP contribution in [0.1, 0.15) is 44.9 Å². The average Bonchev–Trinajstić information content (AvgIpc) is 2.88. The van der Waals surface area contributed by atoms with E-state index in [9.17, 15) is 8.42 Å². The van der Waals surface area contributed by atoms with E-state index in [2.05, 4.69) is 5.43 Å². The lowest BCUT2D eigenvalue weighted by Crippen LogP contribution is -2.45. The van der Waals surface area contributed by atoms with Gasteiger partial charge in [-0.3, -0.25) is 11.3 Å². The lowest BCUT2D eigenvalue weighted by atomic mass is 9.81. The van der Waals surface area contributed by atoms with Crippen LogP contribution in [0.15, 0.2) is 0 Å². The monoisotopic (exact) mass is 290 g/mol. The van der Waals surface area contributed by atoms with E-state index in [1.807, 2.05) is 0 Å². The Morgan fingerprint density at radius 2 is 2.11 bits per heavy atom. The van der Waals surface area contributed by atoms with Gasteiger partial charge in [0.1, 0.15) is 9.84 Å². The van der Waals surface area contributed by atoms with Crippen molar-refractivity contribution in [2.24, 2.45) is 11.8 Å². The van der Waals surface area contributed by atoms with Crippen molar-refractivity contribution in [1.29, 1.82) is 0 Å². The standard InChI is InChI=1S/C13H26N2O3S/c1-19(16,17)12-6-2-4-10(8-12)13(15-14)9-11-5-3-7-18-11/h10-13,15H,2-9,14H2,1H3. The predicted molar refractivity (Wildman–Crippen MR) is 75.3 cm³/mol. The number of rotatable bonds is 5. The van der Waals surface area contributed by atoms with Gasteiger partial charge in [-0.15, -0.1) is 0 Å². The average molecular weight is 290 g/mol. The molecule has 1 saturated carbocycles. The highest BCUT2D eigenvalue weighted by Gasteiger charge is 2.34. The molecule has 0 spiro atoms. The Labute approximate surface area is 116 Å². The number of nitrogens with one attached hydrogen (secondary N) is 1. The largest absolute Gasteiger partial charge is 0.378 e. The summed E-state index contributed by atoms with van der Waals surface area (Å²) < 4.78 is 29.1. The van der Waals surface area contributed by atoms with Crippen LogP contribution in [0.5, 0.6) is 0 Å². The van der Waals surface area contributed by atoms with Gasteiger partial charge in [-0.25, -0.2) is 8.42 Å². The molecule has 0 aromatic heterocycles. The van der Waals surface area contributed by atoms with Crippen LogP contribution in [0.2, 0.25) is 0 Å². The van der Waals surface area contributed by atoms with Gasteiger partial charge in [0, 0.05) is 18.9 Å². The first-order chi connectivity index (χ1) is 9.00. The van der Waals surface area contributed by atoms with Gasteiger partial charge in [-0.1, -0.05) is 6.42 Å². The van der Waals surface area contributed by atoms with E-state index in [0.29, 0.717) is 12.0 Å². The maximum Gasteiger partial charge on any atom is 0.150 e. The zero-order chi connectivity index (χ0) is 13.9. The molecule has 3 N–H and O–H groups in total. The molecule has 0 aromatic rings. The van der Waals surface area contributed by atoms with Crippen molar-refractivity contribution in [2.75, 3.05) is 12.9 Å². The highest BCUT2D eigenvalue weighted by Crippen LogP contribution is 2.33. The zero-order valence-corrected chi connectivity index (χ0v) is 12.5. The summed E-state index contributed by atoms with van der Waals surface area (Å²) in [6.45, 7) is 0.846. The van der Waals surface area contributed by atoms with E-state index < -0.39 is 9.84 Å². The minimum Gasteiger partial charge on any atom is -0.378 e. The first kappa shape index (κ1) is 15.2. The summed E-state index contributed by atoms with van der Waals surface area (Å²) in [7, 11) is -2.93. The van der Waals surface area contributed by atoms with Crippen molar-refractivity contribution < 1.29 is 13.2 Å². The van der Waals surface area contributed by atoms with Gasteiger partial charge in [-0.05, 0) is 44.4 Å². The van der Waals surface area contributed by atoms with Gasteiger partial charge in [0.15, 0.2) is 0 Å². The fourth-order valence-corrected chi connectivity index (χ4v) is 4.64. The molecule has 0 bridgehead atoms. The molecule has 4 unspecified atom stereocenters. The number of hydrazine groups is 1. The van der Waals surface area contributed by atoms with E-state index in [1.54, 1.807) is 0 Å². The van der Waals surface area contributed by atoms with Crippen molar-refractivity contribution in [3.63, 3.8) is 0 Å². The van der Waals surface area contributed by atoms with Crippen molar-refractivity contribution in [3.05, 3.63) is 0 Å². The second kappa shape index (κ2) is 6.52. The molecule has 1 aliphatic heterocycles. The van der Waals surface area contributed by atoms with Crippen LogP contribution in [0.4, 0.5) is 0 Å². The molecule has 1 saturated heterocycles. The SMILES string of the molecule is CS(=O)(=O)C1CCCC(C(CC2CCCO2)NN)C1. The van der Waals surface area contributed by atoms with E-state index >= 15 is 0 Å². The van der Waals surface area contributed by atoms with E-state index in [0.717, 1.165) is 51.6 Å². The number of hydrogen-bond donors (Lipinski definition) is 2. The summed E-state index contributed by atoms with van der Waals surface area (Å²) in [5, 5.41) is -0.188. The minimum absolute atomic E-state index is 0.174. The Kier molecular flexibility index (Phi) is 5.22. The first-order valence-corrected chi connectivity index (χ1v) is 9.22. The molecule has 2 rings (SSSR count). The molecule has 5 nitrogen and oxygen atoms in total. The molecule has 112 valence electrons. The van der Waals surface area contributed by atoms with Gasteiger partial charge in [-0.2, -0.15) is 0 Å². The molecule has 0 aromatic carbocycles. The number of nitrogens with two attached hydrogens (primary N) is 1. The maximum atomic E-state index is 11.7. The molecule has 1 heterocycles. The normalized spacial score (nSPS) is 34.3. The second-order valence-corrected chi connectivity index (χ2v) is 8.35. The van der Waals surface area contributed by atoms with Crippen LogP contribution in [-0.4, -0.2) is 38.7 Å². The molecule has 4 atom stereocenters. The van der Waals surface area contributed by atoms with Crippen molar-refractivity contribution >= 4 is 9.84 Å². The quantitative estimate of drug-likeness (QED) is 0.583. The number of ether oxygens (including phenoxy) is 1. The maximum absolute atomic E-state index is 11.7. The number of sulfone groups is 1. The van der Waals surface area contributed by atoms with E-state index in [4.69, 9.17) is 10.6 Å². The lowest BCUT2D eigenvalue weighted by Gasteiger charge is -2.34. The highest BCUT2D eigenvalue weighted by atomic mass is 32.2. The Morgan fingerprint density at radius 3 is 2.68 bits per heavy atom. The van der Waals surface area contributed by atoms with Gasteiger partial charge >= 0.3 is 0 Å². The smallest absolute Gasteiger partial charge is 0.150 e. The molecule has 0 radical (unpaired) electrons. The molecule has 6 heteroatoms. The van der Waals surface area contributed by atoms with Crippen molar-refractivity contribution in [2.45, 2.75) is 62.3 Å². The molecule has 2 aliphatic rings.